The van der Waals surface area contributed by atoms with E-state index in [0.29, 0.717) is 70.5 Å². The van der Waals surface area contributed by atoms with Crippen LogP contribution in [0.25, 0.3) is 0 Å². The third-order valence-corrected chi connectivity index (χ3v) is 11.1. The van der Waals surface area contributed by atoms with Crippen molar-refractivity contribution in [1.82, 2.24) is 15.0 Å². The molecule has 0 atom stereocenters. The molecule has 0 bridgehead atoms. The molecule has 0 aliphatic rings. The minimum atomic E-state index is -2.64. The average molecular weight is 534 g/mol. The van der Waals surface area contributed by atoms with E-state index in [4.69, 9.17) is 26.6 Å². The molecule has 0 aliphatic heterocycles. The summed E-state index contributed by atoms with van der Waals surface area (Å²) in [6, 6.07) is 1.46. The fourth-order valence-corrected chi connectivity index (χ4v) is 8.88. The number of nitrogens with one attached hydrogen (secondary N) is 2. The Hall–Kier alpha value is -1.20. The predicted octanol–water partition coefficient (Wildman–Crippen LogP) is 3.88. The summed E-state index contributed by atoms with van der Waals surface area (Å²) in [7, 11) is -5.29. The number of hydrogen-bond donors (Lipinski definition) is 2. The van der Waals surface area contributed by atoms with E-state index >= 15 is 0 Å². The van der Waals surface area contributed by atoms with Crippen molar-refractivity contribution in [2.45, 2.75) is 73.4 Å². The first-order chi connectivity index (χ1) is 16.9. The van der Waals surface area contributed by atoms with Gasteiger partial charge in [0.05, 0.1) is 0 Å². The molecule has 0 saturated carbocycles. The summed E-state index contributed by atoms with van der Waals surface area (Å²) in [6.45, 7) is 18.4. The molecule has 1 rings (SSSR count). The number of aromatic nitrogens is 3. The lowest BCUT2D eigenvalue weighted by molar-refractivity contribution is 0.0702. The number of anilines is 2. The minimum Gasteiger partial charge on any atom is -0.374 e. The molecule has 0 radical (unpaired) electrons. The van der Waals surface area contributed by atoms with Crippen LogP contribution in [0.2, 0.25) is 12.1 Å². The molecular formula is C22H47N5O6Si2. The fraction of sp³-hybridized carbons (Fsp3) is 0.864. The second-order valence-electron chi connectivity index (χ2n) is 7.55. The lowest BCUT2D eigenvalue weighted by Crippen LogP contribution is -2.46. The van der Waals surface area contributed by atoms with Crippen LogP contribution in [0.5, 0.6) is 0 Å². The van der Waals surface area contributed by atoms with E-state index < -0.39 is 17.6 Å². The lowest BCUT2D eigenvalue weighted by Gasteiger charge is -2.28. The summed E-state index contributed by atoms with van der Waals surface area (Å²) < 4.78 is 35.5. The van der Waals surface area contributed by atoms with Crippen molar-refractivity contribution < 1.29 is 26.6 Å². The van der Waals surface area contributed by atoms with Gasteiger partial charge in [-0.2, -0.15) is 15.0 Å². The van der Waals surface area contributed by atoms with Crippen molar-refractivity contribution in [3.05, 3.63) is 5.82 Å². The van der Waals surface area contributed by atoms with Crippen molar-refractivity contribution in [3.63, 3.8) is 0 Å². The highest BCUT2D eigenvalue weighted by molar-refractivity contribution is 6.61. The van der Waals surface area contributed by atoms with E-state index in [-0.39, 0.29) is 0 Å². The normalized spacial score (nSPS) is 12.2. The van der Waals surface area contributed by atoms with E-state index in [9.17, 15) is 0 Å². The van der Waals surface area contributed by atoms with Crippen molar-refractivity contribution in [1.29, 1.82) is 0 Å². The molecule has 11 nitrogen and oxygen atoms in total. The van der Waals surface area contributed by atoms with Gasteiger partial charge in [0.1, 0.15) is 5.82 Å². The number of aryl methyl sites for hydroxylation is 1. The Bertz CT molecular complexity index is 605. The van der Waals surface area contributed by atoms with E-state index in [1.54, 1.807) is 0 Å². The molecule has 1 aromatic rings. The molecule has 0 saturated heterocycles. The van der Waals surface area contributed by atoms with Crippen LogP contribution in [-0.4, -0.2) is 85.3 Å². The molecule has 204 valence electrons. The molecule has 2 N–H and O–H groups in total. The average Bonchev–Trinajstić information content (AvgIpc) is 2.80. The molecule has 0 aliphatic carbocycles. The van der Waals surface area contributed by atoms with Gasteiger partial charge in [-0.3, -0.25) is 0 Å². The zero-order chi connectivity index (χ0) is 26.0. The summed E-state index contributed by atoms with van der Waals surface area (Å²) in [5.74, 6) is 1.73. The van der Waals surface area contributed by atoms with E-state index in [0.717, 1.165) is 24.9 Å². The zero-order valence-electron chi connectivity index (χ0n) is 22.8. The van der Waals surface area contributed by atoms with Crippen LogP contribution in [0.1, 0.15) is 60.2 Å². The van der Waals surface area contributed by atoms with Gasteiger partial charge in [-0.15, -0.1) is 0 Å². The quantitative estimate of drug-likeness (QED) is 0.167. The first-order valence-corrected chi connectivity index (χ1v) is 16.8. The van der Waals surface area contributed by atoms with Crippen molar-refractivity contribution >= 4 is 29.5 Å². The predicted molar refractivity (Wildman–Crippen MR) is 142 cm³/mol. The third-order valence-electron chi connectivity index (χ3n) is 4.82. The van der Waals surface area contributed by atoms with Crippen molar-refractivity contribution in [3.8, 4) is 0 Å². The Labute approximate surface area is 213 Å². The summed E-state index contributed by atoms with van der Waals surface area (Å²) in [5, 5.41) is 6.58. The van der Waals surface area contributed by atoms with Gasteiger partial charge in [0.25, 0.3) is 0 Å². The SMILES string of the molecule is CCO[Si](CCCNc1nc(C)nc(NCCC[Si](OCC)(OCC)OCC)n1)(OCC)OCC. The van der Waals surface area contributed by atoms with Gasteiger partial charge >= 0.3 is 17.6 Å². The molecule has 1 heterocycles. The Morgan fingerprint density at radius 2 is 0.857 bits per heavy atom. The van der Waals surface area contributed by atoms with Crippen LogP contribution < -0.4 is 10.6 Å². The van der Waals surface area contributed by atoms with Crippen LogP contribution >= 0.6 is 0 Å². The maximum absolute atomic E-state index is 5.92. The van der Waals surface area contributed by atoms with Gasteiger partial charge in [0, 0.05) is 64.8 Å². The summed E-state index contributed by atoms with van der Waals surface area (Å²) in [6.07, 6.45) is 1.64. The van der Waals surface area contributed by atoms with E-state index in [2.05, 4.69) is 25.6 Å². The van der Waals surface area contributed by atoms with Crippen molar-refractivity contribution in [2.24, 2.45) is 0 Å². The van der Waals surface area contributed by atoms with Crippen LogP contribution in [0.3, 0.4) is 0 Å². The van der Waals surface area contributed by atoms with Gasteiger partial charge in [-0.1, -0.05) is 0 Å². The number of hydrogen-bond acceptors (Lipinski definition) is 11. The largest absolute Gasteiger partial charge is 0.500 e. The summed E-state index contributed by atoms with van der Waals surface area (Å²) in [4.78, 5) is 13.3. The first-order valence-electron chi connectivity index (χ1n) is 13.0. The minimum absolute atomic E-state index is 0.540. The first kappa shape index (κ1) is 31.8. The summed E-state index contributed by atoms with van der Waals surface area (Å²) in [5.41, 5.74) is 0. The van der Waals surface area contributed by atoms with Gasteiger partial charge in [0.15, 0.2) is 0 Å². The van der Waals surface area contributed by atoms with Gasteiger partial charge < -0.3 is 37.2 Å². The highest BCUT2D eigenvalue weighted by atomic mass is 28.4. The topological polar surface area (TPSA) is 118 Å². The Morgan fingerprint density at radius 3 is 1.14 bits per heavy atom. The second kappa shape index (κ2) is 18.1. The molecule has 0 unspecified atom stereocenters. The molecular weight excluding hydrogens is 486 g/mol. The number of rotatable bonds is 22. The highest BCUT2D eigenvalue weighted by Crippen LogP contribution is 2.19. The van der Waals surface area contributed by atoms with Crippen LogP contribution in [0, 0.1) is 6.92 Å². The molecule has 35 heavy (non-hydrogen) atoms. The zero-order valence-corrected chi connectivity index (χ0v) is 24.8. The Morgan fingerprint density at radius 1 is 0.543 bits per heavy atom. The second-order valence-corrected chi connectivity index (χ2v) is 13.0. The van der Waals surface area contributed by atoms with Crippen LogP contribution in [-0.2, 0) is 26.6 Å². The molecule has 0 fully saturated rings. The lowest BCUT2D eigenvalue weighted by atomic mass is 10.5. The number of nitrogens with zero attached hydrogens (tertiary/aromatic N) is 3. The molecule has 0 aromatic carbocycles. The van der Waals surface area contributed by atoms with E-state index in [1.165, 1.54) is 0 Å². The Balaban J connectivity index is 2.60. The molecule has 0 spiro atoms. The smallest absolute Gasteiger partial charge is 0.374 e. The van der Waals surface area contributed by atoms with Gasteiger partial charge in [-0.25, -0.2) is 0 Å². The third kappa shape index (κ3) is 12.1. The van der Waals surface area contributed by atoms with Gasteiger partial charge in [0.2, 0.25) is 11.9 Å². The molecule has 1 aromatic heterocycles. The maximum Gasteiger partial charge on any atom is 0.500 e. The fourth-order valence-electron chi connectivity index (χ4n) is 3.65. The van der Waals surface area contributed by atoms with Crippen LogP contribution in [0.15, 0.2) is 0 Å². The monoisotopic (exact) mass is 533 g/mol. The Kier molecular flexibility index (Phi) is 16.5. The maximum atomic E-state index is 5.92. The van der Waals surface area contributed by atoms with Crippen LogP contribution in [0.4, 0.5) is 11.9 Å². The highest BCUT2D eigenvalue weighted by Gasteiger charge is 2.40. The standard InChI is InChI=1S/C22H47N5O6Si2/c1-8-28-34(29-9-2,30-10-3)18-14-16-23-21-25-20(7)26-22(27-21)24-17-15-19-35(31-11-4,32-12-5)33-13-6/h8-19H2,1-7H3,(H2,23,24,25,26,27). The van der Waals surface area contributed by atoms with E-state index in [1.807, 2.05) is 48.5 Å². The molecule has 13 heteroatoms. The van der Waals surface area contributed by atoms with Crippen molar-refractivity contribution in [2.75, 3.05) is 63.4 Å². The van der Waals surface area contributed by atoms with Gasteiger partial charge in [-0.05, 0) is 61.3 Å². The summed E-state index contributed by atoms with van der Waals surface area (Å²) >= 11 is 0. The molecule has 0 amide bonds.